The van der Waals surface area contributed by atoms with Crippen molar-refractivity contribution in [3.05, 3.63) is 24.0 Å². The van der Waals surface area contributed by atoms with Crippen LogP contribution in [0.1, 0.15) is 32.4 Å². The first-order valence-electron chi connectivity index (χ1n) is 6.22. The van der Waals surface area contributed by atoms with Gasteiger partial charge in [0.1, 0.15) is 0 Å². The first-order chi connectivity index (χ1) is 7.79. The summed E-state index contributed by atoms with van der Waals surface area (Å²) in [6, 6.07) is 4.90. The van der Waals surface area contributed by atoms with Crippen molar-refractivity contribution in [1.29, 1.82) is 0 Å². The van der Waals surface area contributed by atoms with Crippen LogP contribution in [0.25, 0.3) is 0 Å². The smallest absolute Gasteiger partial charge is 0.0564 e. The van der Waals surface area contributed by atoms with Gasteiger partial charge in [-0.05, 0) is 45.4 Å². The lowest BCUT2D eigenvalue weighted by atomic mass is 10.2. The second-order valence-corrected chi connectivity index (χ2v) is 4.53. The first-order valence-corrected chi connectivity index (χ1v) is 6.22. The van der Waals surface area contributed by atoms with Gasteiger partial charge in [-0.25, -0.2) is 0 Å². The van der Waals surface area contributed by atoms with E-state index in [-0.39, 0.29) is 0 Å². The maximum Gasteiger partial charge on any atom is 0.0564 e. The van der Waals surface area contributed by atoms with Crippen LogP contribution in [-0.2, 0) is 6.54 Å². The number of nitrogens with one attached hydrogen (secondary N) is 1. The number of aromatic nitrogens is 1. The Kier molecular flexibility index (Phi) is 3.78. The van der Waals surface area contributed by atoms with E-state index in [4.69, 9.17) is 0 Å². The van der Waals surface area contributed by atoms with Crippen molar-refractivity contribution in [3.8, 4) is 0 Å². The minimum Gasteiger partial charge on any atom is -0.385 e. The van der Waals surface area contributed by atoms with Gasteiger partial charge in [-0.15, -0.1) is 0 Å². The summed E-state index contributed by atoms with van der Waals surface area (Å²) in [4.78, 5) is 6.95. The molecule has 1 aliphatic rings. The van der Waals surface area contributed by atoms with Gasteiger partial charge in [0.05, 0.1) is 5.69 Å². The van der Waals surface area contributed by atoms with E-state index in [1.165, 1.54) is 30.8 Å². The number of hydrogen-bond acceptors (Lipinski definition) is 3. The summed E-state index contributed by atoms with van der Waals surface area (Å²) >= 11 is 0. The average molecular weight is 219 g/mol. The number of hydrogen-bond donors (Lipinski definition) is 1. The van der Waals surface area contributed by atoms with E-state index in [2.05, 4.69) is 35.1 Å². The molecule has 0 aliphatic carbocycles. The highest BCUT2D eigenvalue weighted by Crippen LogP contribution is 2.19. The third-order valence-corrected chi connectivity index (χ3v) is 3.25. The highest BCUT2D eigenvalue weighted by Gasteiger charge is 2.20. The molecule has 0 bridgehead atoms. The van der Waals surface area contributed by atoms with E-state index < -0.39 is 0 Å². The molecule has 1 aromatic rings. The van der Waals surface area contributed by atoms with Gasteiger partial charge in [0.2, 0.25) is 0 Å². The van der Waals surface area contributed by atoms with Crippen LogP contribution >= 0.6 is 0 Å². The molecule has 0 amide bonds. The summed E-state index contributed by atoms with van der Waals surface area (Å²) in [5.74, 6) is 0. The van der Waals surface area contributed by atoms with Gasteiger partial charge in [0.15, 0.2) is 0 Å². The van der Waals surface area contributed by atoms with E-state index in [1.807, 2.05) is 12.3 Å². The molecule has 2 rings (SSSR count). The molecule has 1 atom stereocenters. The number of nitrogens with zero attached hydrogens (tertiary/aromatic N) is 2. The summed E-state index contributed by atoms with van der Waals surface area (Å²) in [6.07, 6.45) is 4.55. The average Bonchev–Trinajstić information content (AvgIpc) is 2.66. The molecule has 0 radical (unpaired) electrons. The minimum absolute atomic E-state index is 0.713. The largest absolute Gasteiger partial charge is 0.385 e. The molecule has 0 aromatic carbocycles. The highest BCUT2D eigenvalue weighted by molar-refractivity contribution is 5.42. The summed E-state index contributed by atoms with van der Waals surface area (Å²) in [6.45, 7) is 7.59. The van der Waals surface area contributed by atoms with Gasteiger partial charge in [-0.2, -0.15) is 0 Å². The Morgan fingerprint density at radius 3 is 3.12 bits per heavy atom. The zero-order valence-corrected chi connectivity index (χ0v) is 10.2. The fourth-order valence-electron chi connectivity index (χ4n) is 2.31. The Bertz CT molecular complexity index is 338. The maximum atomic E-state index is 4.44. The fourth-order valence-corrected chi connectivity index (χ4v) is 2.31. The van der Waals surface area contributed by atoms with E-state index in [1.54, 1.807) is 0 Å². The number of likely N-dealkylation sites (tertiary alicyclic amines) is 1. The fraction of sp³-hybridized carbons (Fsp3) is 0.615. The molecule has 16 heavy (non-hydrogen) atoms. The molecule has 1 unspecified atom stereocenters. The zero-order chi connectivity index (χ0) is 11.4. The van der Waals surface area contributed by atoms with Gasteiger partial charge in [-0.3, -0.25) is 9.88 Å². The lowest BCUT2D eigenvalue weighted by molar-refractivity contribution is 0.257. The van der Waals surface area contributed by atoms with E-state index in [0.29, 0.717) is 6.04 Å². The quantitative estimate of drug-likeness (QED) is 0.843. The molecule has 3 heteroatoms. The highest BCUT2D eigenvalue weighted by atomic mass is 15.2. The second-order valence-electron chi connectivity index (χ2n) is 4.53. The Balaban J connectivity index is 2.00. The van der Waals surface area contributed by atoms with Crippen LogP contribution in [0.15, 0.2) is 18.3 Å². The lowest BCUT2D eigenvalue weighted by Gasteiger charge is -2.20. The number of anilines is 1. The maximum absolute atomic E-state index is 4.44. The van der Waals surface area contributed by atoms with Gasteiger partial charge in [0.25, 0.3) is 0 Å². The second kappa shape index (κ2) is 5.30. The monoisotopic (exact) mass is 219 g/mol. The van der Waals surface area contributed by atoms with Crippen molar-refractivity contribution < 1.29 is 0 Å². The molecule has 1 N–H and O–H groups in total. The van der Waals surface area contributed by atoms with E-state index >= 15 is 0 Å². The van der Waals surface area contributed by atoms with Crippen LogP contribution in [-0.4, -0.2) is 29.0 Å². The molecule has 0 saturated carbocycles. The molecule has 1 aromatic heterocycles. The normalized spacial score (nSPS) is 21.2. The van der Waals surface area contributed by atoms with Gasteiger partial charge >= 0.3 is 0 Å². The Hall–Kier alpha value is -1.09. The molecule has 2 heterocycles. The van der Waals surface area contributed by atoms with Crippen LogP contribution in [0.4, 0.5) is 5.69 Å². The Morgan fingerprint density at radius 2 is 2.44 bits per heavy atom. The van der Waals surface area contributed by atoms with Gasteiger partial charge in [0, 0.05) is 31.0 Å². The molecular formula is C13H21N3. The van der Waals surface area contributed by atoms with Crippen LogP contribution in [0.3, 0.4) is 0 Å². The molecule has 88 valence electrons. The summed E-state index contributed by atoms with van der Waals surface area (Å²) in [5, 5.41) is 3.33. The summed E-state index contributed by atoms with van der Waals surface area (Å²) in [5.41, 5.74) is 2.35. The molecule has 1 aliphatic heterocycles. The third-order valence-electron chi connectivity index (χ3n) is 3.25. The van der Waals surface area contributed by atoms with Crippen LogP contribution in [0, 0.1) is 0 Å². The van der Waals surface area contributed by atoms with Crippen LogP contribution in [0.2, 0.25) is 0 Å². The van der Waals surface area contributed by atoms with Gasteiger partial charge < -0.3 is 5.32 Å². The van der Waals surface area contributed by atoms with Crippen molar-refractivity contribution in [3.63, 3.8) is 0 Å². The van der Waals surface area contributed by atoms with Crippen molar-refractivity contribution in [2.24, 2.45) is 0 Å². The van der Waals surface area contributed by atoms with E-state index in [0.717, 1.165) is 13.1 Å². The molecule has 1 saturated heterocycles. The Morgan fingerprint density at radius 1 is 1.56 bits per heavy atom. The minimum atomic E-state index is 0.713. The lowest BCUT2D eigenvalue weighted by Crippen LogP contribution is -2.26. The van der Waals surface area contributed by atoms with Crippen LogP contribution < -0.4 is 5.32 Å². The molecular weight excluding hydrogens is 198 g/mol. The van der Waals surface area contributed by atoms with Crippen molar-refractivity contribution in [2.45, 2.75) is 39.3 Å². The van der Waals surface area contributed by atoms with Crippen LogP contribution in [0.5, 0.6) is 0 Å². The zero-order valence-electron chi connectivity index (χ0n) is 10.2. The predicted octanol–water partition coefficient (Wildman–Crippen LogP) is 2.50. The van der Waals surface area contributed by atoms with Gasteiger partial charge in [-0.1, -0.05) is 0 Å². The molecule has 0 spiro atoms. The topological polar surface area (TPSA) is 28.2 Å². The van der Waals surface area contributed by atoms with E-state index in [9.17, 15) is 0 Å². The Labute approximate surface area is 97.9 Å². The first kappa shape index (κ1) is 11.4. The SMILES string of the molecule is CCNc1ccnc(CN2CCCC2C)c1. The van der Waals surface area contributed by atoms with Crippen molar-refractivity contribution in [2.75, 3.05) is 18.4 Å². The standard InChI is InChI=1S/C13H21N3/c1-3-14-12-6-7-15-13(9-12)10-16-8-4-5-11(16)2/h6-7,9,11H,3-5,8,10H2,1-2H3,(H,14,15). The van der Waals surface area contributed by atoms with Crippen molar-refractivity contribution >= 4 is 5.69 Å². The summed E-state index contributed by atoms with van der Waals surface area (Å²) < 4.78 is 0. The third kappa shape index (κ3) is 2.73. The number of rotatable bonds is 4. The van der Waals surface area contributed by atoms with Crippen molar-refractivity contribution in [1.82, 2.24) is 9.88 Å². The summed E-state index contributed by atoms with van der Waals surface area (Å²) in [7, 11) is 0. The number of pyridine rings is 1. The molecule has 3 nitrogen and oxygen atoms in total. The molecule has 1 fully saturated rings. The predicted molar refractivity (Wildman–Crippen MR) is 67.5 cm³/mol.